The van der Waals surface area contributed by atoms with Gasteiger partial charge in [-0.1, -0.05) is 0 Å². The SMILES string of the molecule is O=C(NC1CC1)[C@H]1CCCN1S(=O)(=O)c1ccc2oc(=O)ccc2c1. The number of hydrogen-bond acceptors (Lipinski definition) is 5. The monoisotopic (exact) mass is 362 g/mol. The molecule has 0 bridgehead atoms. The van der Waals surface area contributed by atoms with E-state index in [1.54, 1.807) is 0 Å². The second-order valence-electron chi connectivity index (χ2n) is 6.51. The van der Waals surface area contributed by atoms with E-state index in [2.05, 4.69) is 5.32 Å². The Morgan fingerprint density at radius 2 is 1.96 bits per heavy atom. The summed E-state index contributed by atoms with van der Waals surface area (Å²) in [6, 6.07) is 6.67. The van der Waals surface area contributed by atoms with Crippen molar-refractivity contribution in [2.75, 3.05) is 6.54 Å². The molecule has 0 unspecified atom stereocenters. The summed E-state index contributed by atoms with van der Waals surface area (Å²) in [5.74, 6) is -0.213. The number of nitrogens with one attached hydrogen (secondary N) is 1. The van der Waals surface area contributed by atoms with Gasteiger partial charge < -0.3 is 9.73 Å². The fourth-order valence-corrected chi connectivity index (χ4v) is 4.85. The molecule has 2 heterocycles. The van der Waals surface area contributed by atoms with Gasteiger partial charge in [-0.15, -0.1) is 0 Å². The highest BCUT2D eigenvalue weighted by molar-refractivity contribution is 7.89. The molecule has 8 heteroatoms. The lowest BCUT2D eigenvalue weighted by Gasteiger charge is -2.23. The normalized spacial score (nSPS) is 21.5. The Kier molecular flexibility index (Phi) is 3.88. The van der Waals surface area contributed by atoms with Crippen LogP contribution in [0, 0.1) is 0 Å². The number of rotatable bonds is 4. The van der Waals surface area contributed by atoms with E-state index < -0.39 is 21.7 Å². The number of sulfonamides is 1. The first-order valence-corrected chi connectivity index (χ1v) is 9.75. The summed E-state index contributed by atoms with van der Waals surface area (Å²) in [5, 5.41) is 3.42. The minimum absolute atomic E-state index is 0.0972. The topological polar surface area (TPSA) is 96.7 Å². The lowest BCUT2D eigenvalue weighted by Crippen LogP contribution is -2.46. The quantitative estimate of drug-likeness (QED) is 0.825. The summed E-state index contributed by atoms with van der Waals surface area (Å²) >= 11 is 0. The van der Waals surface area contributed by atoms with Crippen LogP contribution in [0.3, 0.4) is 0 Å². The number of hydrogen-bond donors (Lipinski definition) is 1. The van der Waals surface area contributed by atoms with Gasteiger partial charge in [0.1, 0.15) is 11.6 Å². The average molecular weight is 362 g/mol. The van der Waals surface area contributed by atoms with Gasteiger partial charge >= 0.3 is 5.63 Å². The maximum absolute atomic E-state index is 13.0. The highest BCUT2D eigenvalue weighted by Crippen LogP contribution is 2.29. The van der Waals surface area contributed by atoms with Crippen LogP contribution >= 0.6 is 0 Å². The third-order valence-electron chi connectivity index (χ3n) is 4.63. The minimum Gasteiger partial charge on any atom is -0.423 e. The van der Waals surface area contributed by atoms with Crippen LogP contribution in [-0.4, -0.2) is 37.3 Å². The largest absolute Gasteiger partial charge is 0.423 e. The molecule has 2 aromatic rings. The van der Waals surface area contributed by atoms with Crippen LogP contribution in [0.25, 0.3) is 11.0 Å². The van der Waals surface area contributed by atoms with Crippen LogP contribution in [0.5, 0.6) is 0 Å². The molecule has 0 spiro atoms. The molecule has 1 aliphatic heterocycles. The van der Waals surface area contributed by atoms with E-state index in [9.17, 15) is 18.0 Å². The number of carbonyl (C=O) groups is 1. The van der Waals surface area contributed by atoms with E-state index in [1.807, 2.05) is 0 Å². The number of carbonyl (C=O) groups excluding carboxylic acids is 1. The molecule has 25 heavy (non-hydrogen) atoms. The van der Waals surface area contributed by atoms with Gasteiger partial charge in [-0.3, -0.25) is 4.79 Å². The van der Waals surface area contributed by atoms with Crippen molar-refractivity contribution in [2.24, 2.45) is 0 Å². The molecule has 1 aliphatic carbocycles. The fraction of sp³-hybridized carbons (Fsp3) is 0.412. The molecule has 1 saturated heterocycles. The average Bonchev–Trinajstić information content (AvgIpc) is 3.25. The predicted octanol–water partition coefficient (Wildman–Crippen LogP) is 1.22. The summed E-state index contributed by atoms with van der Waals surface area (Å²) in [5.41, 5.74) is -0.157. The van der Waals surface area contributed by atoms with Crippen LogP contribution in [0.4, 0.5) is 0 Å². The van der Waals surface area contributed by atoms with E-state index in [-0.39, 0.29) is 16.8 Å². The summed E-state index contributed by atoms with van der Waals surface area (Å²) in [7, 11) is -3.80. The van der Waals surface area contributed by atoms with Crippen molar-refractivity contribution in [3.63, 3.8) is 0 Å². The number of benzene rings is 1. The van der Waals surface area contributed by atoms with E-state index in [0.717, 1.165) is 12.8 Å². The number of amides is 1. The van der Waals surface area contributed by atoms with Crippen LogP contribution in [0.2, 0.25) is 0 Å². The third kappa shape index (κ3) is 3.07. The second-order valence-corrected chi connectivity index (χ2v) is 8.40. The van der Waals surface area contributed by atoms with Crippen molar-refractivity contribution in [1.82, 2.24) is 9.62 Å². The molecule has 2 fully saturated rings. The summed E-state index contributed by atoms with van der Waals surface area (Å²) in [6.45, 7) is 0.326. The number of fused-ring (bicyclic) bond motifs is 1. The first-order chi connectivity index (χ1) is 11.9. The van der Waals surface area contributed by atoms with Gasteiger partial charge in [0.05, 0.1) is 4.90 Å². The van der Waals surface area contributed by atoms with Gasteiger partial charge in [-0.2, -0.15) is 4.31 Å². The van der Waals surface area contributed by atoms with E-state index in [4.69, 9.17) is 4.42 Å². The third-order valence-corrected chi connectivity index (χ3v) is 6.53. The van der Waals surface area contributed by atoms with E-state index in [0.29, 0.717) is 30.4 Å². The molecule has 0 radical (unpaired) electrons. The maximum atomic E-state index is 13.0. The van der Waals surface area contributed by atoms with Gasteiger partial charge in [0.25, 0.3) is 0 Å². The maximum Gasteiger partial charge on any atom is 0.336 e. The second kappa shape index (κ2) is 5.96. The van der Waals surface area contributed by atoms with Crippen LogP contribution in [0.1, 0.15) is 25.7 Å². The lowest BCUT2D eigenvalue weighted by molar-refractivity contribution is -0.124. The van der Waals surface area contributed by atoms with E-state index >= 15 is 0 Å². The van der Waals surface area contributed by atoms with Gasteiger partial charge in [0.15, 0.2) is 0 Å². The smallest absolute Gasteiger partial charge is 0.336 e. The lowest BCUT2D eigenvalue weighted by atomic mass is 10.2. The highest BCUT2D eigenvalue weighted by Gasteiger charge is 2.40. The van der Waals surface area contributed by atoms with Crippen molar-refractivity contribution >= 4 is 26.9 Å². The highest BCUT2D eigenvalue weighted by atomic mass is 32.2. The van der Waals surface area contributed by atoms with Crippen molar-refractivity contribution < 1.29 is 17.6 Å². The molecule has 1 aromatic heterocycles. The van der Waals surface area contributed by atoms with Crippen LogP contribution in [-0.2, 0) is 14.8 Å². The van der Waals surface area contributed by atoms with Gasteiger partial charge in [0, 0.05) is 24.0 Å². The van der Waals surface area contributed by atoms with Crippen molar-refractivity contribution in [3.8, 4) is 0 Å². The van der Waals surface area contributed by atoms with Crippen LogP contribution in [0.15, 0.2) is 44.4 Å². The summed E-state index contributed by atoms with van der Waals surface area (Å²) in [4.78, 5) is 23.7. The van der Waals surface area contributed by atoms with Crippen molar-refractivity contribution in [3.05, 3.63) is 40.8 Å². The molecule has 132 valence electrons. The summed E-state index contributed by atoms with van der Waals surface area (Å²) in [6.07, 6.45) is 3.10. The molecule has 1 aromatic carbocycles. The predicted molar refractivity (Wildman–Crippen MR) is 90.6 cm³/mol. The van der Waals surface area contributed by atoms with Crippen molar-refractivity contribution in [2.45, 2.75) is 42.7 Å². The zero-order valence-electron chi connectivity index (χ0n) is 13.5. The Morgan fingerprint density at radius 3 is 2.72 bits per heavy atom. The first-order valence-electron chi connectivity index (χ1n) is 8.31. The molecule has 1 amide bonds. The van der Waals surface area contributed by atoms with Crippen molar-refractivity contribution in [1.29, 1.82) is 0 Å². The Bertz CT molecular complexity index is 994. The van der Waals surface area contributed by atoms with Gasteiger partial charge in [0.2, 0.25) is 15.9 Å². The number of nitrogens with zero attached hydrogens (tertiary/aromatic N) is 1. The zero-order chi connectivity index (χ0) is 17.6. The Hall–Kier alpha value is -2.19. The molecular formula is C17H18N2O5S. The van der Waals surface area contributed by atoms with Crippen LogP contribution < -0.4 is 10.9 Å². The van der Waals surface area contributed by atoms with Gasteiger partial charge in [-0.05, 0) is 49.9 Å². The Morgan fingerprint density at radius 1 is 1.16 bits per heavy atom. The van der Waals surface area contributed by atoms with E-state index in [1.165, 1.54) is 34.6 Å². The minimum atomic E-state index is -3.80. The molecule has 1 N–H and O–H groups in total. The molecule has 4 rings (SSSR count). The Balaban J connectivity index is 1.66. The molecule has 2 aliphatic rings. The molecule has 1 saturated carbocycles. The fourth-order valence-electron chi connectivity index (χ4n) is 3.16. The van der Waals surface area contributed by atoms with Gasteiger partial charge in [-0.25, -0.2) is 13.2 Å². The molecule has 7 nitrogen and oxygen atoms in total. The first kappa shape index (κ1) is 16.3. The zero-order valence-corrected chi connectivity index (χ0v) is 14.3. The standard InChI is InChI=1S/C17H18N2O5S/c20-16-8-3-11-10-13(6-7-15(11)24-16)25(22,23)19-9-1-2-14(19)17(21)18-12-4-5-12/h3,6-8,10,12,14H,1-2,4-5,9H2,(H,18,21)/t14-/m1/s1. The Labute approximate surface area is 144 Å². The molecule has 1 atom stereocenters. The molecular weight excluding hydrogens is 344 g/mol. The summed E-state index contributed by atoms with van der Waals surface area (Å²) < 4.78 is 32.3.